The number of ether oxygens (including phenoxy) is 1. The quantitative estimate of drug-likeness (QED) is 0.786. The number of amides is 1. The molecule has 1 saturated heterocycles. The summed E-state index contributed by atoms with van der Waals surface area (Å²) >= 11 is 0. The first-order chi connectivity index (χ1) is 10.7. The van der Waals surface area contributed by atoms with Crippen LogP contribution >= 0.6 is 0 Å². The van der Waals surface area contributed by atoms with Gasteiger partial charge in [0.25, 0.3) is 0 Å². The molecule has 1 aliphatic heterocycles. The Morgan fingerprint density at radius 1 is 1.41 bits per heavy atom. The molecule has 8 heteroatoms. The van der Waals surface area contributed by atoms with Gasteiger partial charge in [-0.3, -0.25) is 4.79 Å². The minimum Gasteiger partial charge on any atom is -0.461 e. The van der Waals surface area contributed by atoms with Crippen LogP contribution in [0.2, 0.25) is 0 Å². The standard InChI is InChI=1S/C14H13N5O3/c1-8(20)15-11-5-12-17-13(9-6-21-7-9)18-19(12)14(16-11)10-3-2-4-22-10/h2-5,9H,6-7H2,1H3,(H,15,20). The maximum Gasteiger partial charge on any atom is 0.222 e. The summed E-state index contributed by atoms with van der Waals surface area (Å²) in [5.74, 6) is 2.17. The Kier molecular flexibility index (Phi) is 2.90. The SMILES string of the molecule is CC(=O)Nc1cc2nc(C3COC3)nn2c(-c2ccco2)n1. The second kappa shape index (κ2) is 4.92. The molecule has 22 heavy (non-hydrogen) atoms. The Morgan fingerprint density at radius 2 is 2.27 bits per heavy atom. The van der Waals surface area contributed by atoms with E-state index < -0.39 is 0 Å². The van der Waals surface area contributed by atoms with Crippen LogP contribution in [0.1, 0.15) is 18.7 Å². The Bertz CT molecular complexity index is 836. The lowest BCUT2D eigenvalue weighted by molar-refractivity contribution is -0.114. The molecule has 1 N–H and O–H groups in total. The van der Waals surface area contributed by atoms with Crippen LogP contribution in [0.15, 0.2) is 28.9 Å². The average Bonchev–Trinajstić information content (AvgIpc) is 3.03. The number of anilines is 1. The van der Waals surface area contributed by atoms with E-state index in [1.807, 2.05) is 0 Å². The van der Waals surface area contributed by atoms with E-state index in [1.54, 1.807) is 29.0 Å². The summed E-state index contributed by atoms with van der Waals surface area (Å²) in [6.45, 7) is 2.68. The van der Waals surface area contributed by atoms with E-state index >= 15 is 0 Å². The molecule has 4 heterocycles. The Balaban J connectivity index is 1.88. The van der Waals surface area contributed by atoms with Gasteiger partial charge < -0.3 is 14.5 Å². The fourth-order valence-electron chi connectivity index (χ4n) is 2.27. The highest BCUT2D eigenvalue weighted by molar-refractivity contribution is 5.88. The van der Waals surface area contributed by atoms with Gasteiger partial charge in [0.2, 0.25) is 11.7 Å². The van der Waals surface area contributed by atoms with E-state index in [-0.39, 0.29) is 11.8 Å². The minimum absolute atomic E-state index is 0.200. The Labute approximate surface area is 125 Å². The molecule has 4 rings (SSSR count). The van der Waals surface area contributed by atoms with Crippen molar-refractivity contribution < 1.29 is 13.9 Å². The maximum atomic E-state index is 11.3. The molecular formula is C14H13N5O3. The molecule has 0 radical (unpaired) electrons. The molecule has 1 aliphatic rings. The van der Waals surface area contributed by atoms with Gasteiger partial charge in [0, 0.05) is 13.0 Å². The normalized spacial score (nSPS) is 15.0. The lowest BCUT2D eigenvalue weighted by Gasteiger charge is -2.22. The van der Waals surface area contributed by atoms with Crippen molar-refractivity contribution in [1.82, 2.24) is 19.6 Å². The van der Waals surface area contributed by atoms with Crippen LogP contribution in [-0.4, -0.2) is 38.7 Å². The summed E-state index contributed by atoms with van der Waals surface area (Å²) in [5.41, 5.74) is 0.604. The lowest BCUT2D eigenvalue weighted by atomic mass is 10.1. The number of carbonyl (C=O) groups excluding carboxylic acids is 1. The molecule has 0 spiro atoms. The highest BCUT2D eigenvalue weighted by atomic mass is 16.5. The smallest absolute Gasteiger partial charge is 0.222 e. The third kappa shape index (κ3) is 2.13. The molecular weight excluding hydrogens is 286 g/mol. The van der Waals surface area contributed by atoms with Gasteiger partial charge in [-0.1, -0.05) is 0 Å². The van der Waals surface area contributed by atoms with E-state index in [0.717, 1.165) is 0 Å². The molecule has 0 aromatic carbocycles. The monoisotopic (exact) mass is 299 g/mol. The van der Waals surface area contributed by atoms with Gasteiger partial charge in [0.1, 0.15) is 5.82 Å². The summed E-state index contributed by atoms with van der Waals surface area (Å²) in [4.78, 5) is 20.2. The second-order valence-corrected chi connectivity index (χ2v) is 5.10. The van der Waals surface area contributed by atoms with E-state index in [0.29, 0.717) is 42.1 Å². The summed E-state index contributed by atoms with van der Waals surface area (Å²) in [6.07, 6.45) is 1.56. The molecule has 3 aromatic heterocycles. The van der Waals surface area contributed by atoms with Crippen molar-refractivity contribution in [2.24, 2.45) is 0 Å². The molecule has 0 unspecified atom stereocenters. The van der Waals surface area contributed by atoms with Crippen molar-refractivity contribution in [3.8, 4) is 11.6 Å². The Hall–Kier alpha value is -2.74. The van der Waals surface area contributed by atoms with E-state index in [9.17, 15) is 4.79 Å². The molecule has 3 aromatic rings. The molecule has 112 valence electrons. The van der Waals surface area contributed by atoms with E-state index in [1.165, 1.54) is 6.92 Å². The number of furan rings is 1. The van der Waals surface area contributed by atoms with E-state index in [2.05, 4.69) is 20.4 Å². The first-order valence-corrected chi connectivity index (χ1v) is 6.87. The first-order valence-electron chi connectivity index (χ1n) is 6.87. The zero-order valence-corrected chi connectivity index (χ0v) is 11.8. The third-order valence-electron chi connectivity index (χ3n) is 3.39. The van der Waals surface area contributed by atoms with Gasteiger partial charge in [-0.25, -0.2) is 9.97 Å². The van der Waals surface area contributed by atoms with Crippen LogP contribution in [0.5, 0.6) is 0 Å². The number of hydrogen-bond acceptors (Lipinski definition) is 6. The number of rotatable bonds is 3. The molecule has 0 saturated carbocycles. The van der Waals surface area contributed by atoms with Crippen LogP contribution < -0.4 is 5.32 Å². The summed E-state index contributed by atoms with van der Waals surface area (Å²) in [7, 11) is 0. The van der Waals surface area contributed by atoms with Gasteiger partial charge in [-0.2, -0.15) is 4.52 Å². The van der Waals surface area contributed by atoms with Crippen molar-refractivity contribution in [3.63, 3.8) is 0 Å². The van der Waals surface area contributed by atoms with Gasteiger partial charge in [-0.05, 0) is 12.1 Å². The molecule has 1 fully saturated rings. The van der Waals surface area contributed by atoms with Crippen molar-refractivity contribution >= 4 is 17.4 Å². The number of nitrogens with zero attached hydrogens (tertiary/aromatic N) is 4. The molecule has 1 amide bonds. The fourth-order valence-corrected chi connectivity index (χ4v) is 2.27. The zero-order chi connectivity index (χ0) is 15.1. The molecule has 0 aliphatic carbocycles. The zero-order valence-electron chi connectivity index (χ0n) is 11.8. The van der Waals surface area contributed by atoms with Gasteiger partial charge in [0.15, 0.2) is 17.2 Å². The van der Waals surface area contributed by atoms with Crippen molar-refractivity contribution in [1.29, 1.82) is 0 Å². The fraction of sp³-hybridized carbons (Fsp3) is 0.286. The maximum absolute atomic E-state index is 11.3. The van der Waals surface area contributed by atoms with Crippen LogP contribution in [0.25, 0.3) is 17.2 Å². The topological polar surface area (TPSA) is 94.5 Å². The van der Waals surface area contributed by atoms with Crippen LogP contribution in [0, 0.1) is 0 Å². The lowest BCUT2D eigenvalue weighted by Crippen LogP contribution is -2.26. The second-order valence-electron chi connectivity index (χ2n) is 5.10. The van der Waals surface area contributed by atoms with Gasteiger partial charge in [-0.15, -0.1) is 5.10 Å². The number of fused-ring (bicyclic) bond motifs is 1. The molecule has 0 bridgehead atoms. The molecule has 8 nitrogen and oxygen atoms in total. The summed E-state index contributed by atoms with van der Waals surface area (Å²) in [5, 5.41) is 7.17. The van der Waals surface area contributed by atoms with E-state index in [4.69, 9.17) is 9.15 Å². The minimum atomic E-state index is -0.200. The highest BCUT2D eigenvalue weighted by Gasteiger charge is 2.26. The largest absolute Gasteiger partial charge is 0.461 e. The summed E-state index contributed by atoms with van der Waals surface area (Å²) < 4.78 is 12.2. The van der Waals surface area contributed by atoms with Crippen molar-refractivity contribution in [3.05, 3.63) is 30.3 Å². The Morgan fingerprint density at radius 3 is 2.91 bits per heavy atom. The number of hydrogen-bond donors (Lipinski definition) is 1. The predicted molar refractivity (Wildman–Crippen MR) is 76.3 cm³/mol. The number of nitrogens with one attached hydrogen (secondary N) is 1. The first kappa shape index (κ1) is 13.0. The van der Waals surface area contributed by atoms with Crippen molar-refractivity contribution in [2.75, 3.05) is 18.5 Å². The number of aromatic nitrogens is 4. The van der Waals surface area contributed by atoms with Crippen LogP contribution in [-0.2, 0) is 9.53 Å². The van der Waals surface area contributed by atoms with Crippen molar-refractivity contribution in [2.45, 2.75) is 12.8 Å². The number of carbonyl (C=O) groups is 1. The highest BCUT2D eigenvalue weighted by Crippen LogP contribution is 2.25. The molecule has 0 atom stereocenters. The van der Waals surface area contributed by atoms with Crippen LogP contribution in [0.3, 0.4) is 0 Å². The predicted octanol–water partition coefficient (Wildman–Crippen LogP) is 1.46. The van der Waals surface area contributed by atoms with Gasteiger partial charge >= 0.3 is 0 Å². The van der Waals surface area contributed by atoms with Crippen LogP contribution in [0.4, 0.5) is 5.82 Å². The third-order valence-corrected chi connectivity index (χ3v) is 3.39. The average molecular weight is 299 g/mol. The summed E-state index contributed by atoms with van der Waals surface area (Å²) in [6, 6.07) is 5.24. The van der Waals surface area contributed by atoms with Gasteiger partial charge in [0.05, 0.1) is 25.4 Å².